The number of thioether (sulfide) groups is 1. The van der Waals surface area contributed by atoms with E-state index in [4.69, 9.17) is 4.42 Å². The van der Waals surface area contributed by atoms with E-state index in [1.807, 2.05) is 37.4 Å². The summed E-state index contributed by atoms with van der Waals surface area (Å²) in [6.07, 6.45) is 6.90. The quantitative estimate of drug-likeness (QED) is 0.848. The van der Waals surface area contributed by atoms with Crippen LogP contribution < -0.4 is 0 Å². The summed E-state index contributed by atoms with van der Waals surface area (Å²) in [5.41, 5.74) is 0. The van der Waals surface area contributed by atoms with Gasteiger partial charge in [0.05, 0.1) is 12.4 Å². The van der Waals surface area contributed by atoms with Gasteiger partial charge in [0, 0.05) is 43.5 Å². The van der Waals surface area contributed by atoms with Gasteiger partial charge in [-0.2, -0.15) is 11.8 Å². The SMILES string of the molecule is Cc1ccc([C@@H]2CSCCN2CCCn2ccnc2)o1. The lowest BCUT2D eigenvalue weighted by Crippen LogP contribution is -2.37. The highest BCUT2D eigenvalue weighted by atomic mass is 32.2. The first-order valence-electron chi connectivity index (χ1n) is 7.17. The van der Waals surface area contributed by atoms with Gasteiger partial charge in [-0.25, -0.2) is 4.98 Å². The Morgan fingerprint density at radius 3 is 3.10 bits per heavy atom. The molecule has 1 atom stereocenters. The van der Waals surface area contributed by atoms with Crippen LogP contribution in [0.4, 0.5) is 0 Å². The van der Waals surface area contributed by atoms with E-state index in [9.17, 15) is 0 Å². The molecule has 0 radical (unpaired) electrons. The lowest BCUT2D eigenvalue weighted by atomic mass is 10.2. The van der Waals surface area contributed by atoms with Crippen LogP contribution in [0, 0.1) is 6.92 Å². The van der Waals surface area contributed by atoms with Gasteiger partial charge in [-0.05, 0) is 25.5 Å². The van der Waals surface area contributed by atoms with E-state index in [2.05, 4.69) is 26.6 Å². The van der Waals surface area contributed by atoms with Crippen molar-refractivity contribution in [1.82, 2.24) is 14.5 Å². The molecule has 2 aromatic rings. The molecule has 2 aromatic heterocycles. The van der Waals surface area contributed by atoms with Crippen LogP contribution in [0.1, 0.15) is 24.0 Å². The van der Waals surface area contributed by atoms with E-state index in [1.165, 1.54) is 5.75 Å². The minimum atomic E-state index is 0.435. The molecule has 3 heterocycles. The number of hydrogen-bond acceptors (Lipinski definition) is 4. The highest BCUT2D eigenvalue weighted by Gasteiger charge is 2.26. The van der Waals surface area contributed by atoms with Gasteiger partial charge in [0.1, 0.15) is 11.5 Å². The van der Waals surface area contributed by atoms with Gasteiger partial charge in [0.15, 0.2) is 0 Å². The third-order valence-corrected chi connectivity index (χ3v) is 4.77. The number of nitrogens with zero attached hydrogens (tertiary/aromatic N) is 3. The summed E-state index contributed by atoms with van der Waals surface area (Å²) in [6, 6.07) is 4.64. The van der Waals surface area contributed by atoms with Crippen LogP contribution in [0.25, 0.3) is 0 Å². The maximum absolute atomic E-state index is 5.84. The molecule has 1 aliphatic heterocycles. The van der Waals surface area contributed by atoms with Crippen LogP contribution in [0.2, 0.25) is 0 Å². The van der Waals surface area contributed by atoms with Crippen LogP contribution in [-0.4, -0.2) is 39.0 Å². The van der Waals surface area contributed by atoms with Crippen molar-refractivity contribution in [2.45, 2.75) is 25.9 Å². The van der Waals surface area contributed by atoms with Gasteiger partial charge in [0.25, 0.3) is 0 Å². The van der Waals surface area contributed by atoms with Crippen molar-refractivity contribution in [3.8, 4) is 0 Å². The molecule has 1 fully saturated rings. The number of imidazole rings is 1. The summed E-state index contributed by atoms with van der Waals surface area (Å²) in [5.74, 6) is 4.49. The number of furan rings is 1. The average molecular weight is 291 g/mol. The van der Waals surface area contributed by atoms with E-state index >= 15 is 0 Å². The molecule has 4 nitrogen and oxygen atoms in total. The zero-order chi connectivity index (χ0) is 13.8. The molecule has 5 heteroatoms. The Morgan fingerprint density at radius 2 is 2.35 bits per heavy atom. The van der Waals surface area contributed by atoms with Crippen molar-refractivity contribution in [2.24, 2.45) is 0 Å². The highest BCUT2D eigenvalue weighted by molar-refractivity contribution is 7.99. The van der Waals surface area contributed by atoms with E-state index in [1.54, 1.807) is 0 Å². The Balaban J connectivity index is 1.58. The fraction of sp³-hybridized carbons (Fsp3) is 0.533. The van der Waals surface area contributed by atoms with E-state index in [0.717, 1.165) is 43.3 Å². The molecule has 0 N–H and O–H groups in total. The average Bonchev–Trinajstić information content (AvgIpc) is 3.11. The van der Waals surface area contributed by atoms with Crippen molar-refractivity contribution in [3.63, 3.8) is 0 Å². The van der Waals surface area contributed by atoms with Crippen molar-refractivity contribution in [3.05, 3.63) is 42.4 Å². The van der Waals surface area contributed by atoms with Crippen LogP contribution in [0.15, 0.2) is 35.3 Å². The first-order chi connectivity index (χ1) is 9.83. The minimum Gasteiger partial charge on any atom is -0.465 e. The smallest absolute Gasteiger partial charge is 0.122 e. The Kier molecular flexibility index (Phi) is 4.47. The van der Waals surface area contributed by atoms with Crippen molar-refractivity contribution >= 4 is 11.8 Å². The molecular formula is C15H21N3OS. The van der Waals surface area contributed by atoms with Gasteiger partial charge in [-0.1, -0.05) is 0 Å². The predicted molar refractivity (Wildman–Crippen MR) is 81.9 cm³/mol. The molecule has 0 unspecified atom stereocenters. The third kappa shape index (κ3) is 3.27. The summed E-state index contributed by atoms with van der Waals surface area (Å²) in [4.78, 5) is 6.65. The van der Waals surface area contributed by atoms with Crippen LogP contribution in [-0.2, 0) is 6.54 Å². The predicted octanol–water partition coefficient (Wildman–Crippen LogP) is 2.96. The topological polar surface area (TPSA) is 34.2 Å². The number of rotatable bonds is 5. The number of hydrogen-bond donors (Lipinski definition) is 0. The van der Waals surface area contributed by atoms with Gasteiger partial charge in [-0.15, -0.1) is 0 Å². The summed E-state index contributed by atoms with van der Waals surface area (Å²) >= 11 is 2.03. The molecule has 108 valence electrons. The molecule has 1 aliphatic rings. The van der Waals surface area contributed by atoms with Crippen molar-refractivity contribution < 1.29 is 4.42 Å². The molecule has 20 heavy (non-hydrogen) atoms. The second kappa shape index (κ2) is 6.50. The van der Waals surface area contributed by atoms with Crippen molar-refractivity contribution in [1.29, 1.82) is 0 Å². The Morgan fingerprint density at radius 1 is 1.40 bits per heavy atom. The molecular weight excluding hydrogens is 270 g/mol. The van der Waals surface area contributed by atoms with Gasteiger partial charge < -0.3 is 8.98 Å². The molecule has 0 bridgehead atoms. The zero-order valence-corrected chi connectivity index (χ0v) is 12.7. The van der Waals surface area contributed by atoms with Gasteiger partial charge in [0.2, 0.25) is 0 Å². The van der Waals surface area contributed by atoms with E-state index in [-0.39, 0.29) is 0 Å². The van der Waals surface area contributed by atoms with Crippen LogP contribution in [0.3, 0.4) is 0 Å². The van der Waals surface area contributed by atoms with Crippen LogP contribution >= 0.6 is 11.8 Å². The summed E-state index contributed by atoms with van der Waals surface area (Å²) in [5, 5.41) is 0. The lowest BCUT2D eigenvalue weighted by molar-refractivity contribution is 0.190. The van der Waals surface area contributed by atoms with Crippen LogP contribution in [0.5, 0.6) is 0 Å². The first kappa shape index (κ1) is 13.8. The zero-order valence-electron chi connectivity index (χ0n) is 11.9. The largest absolute Gasteiger partial charge is 0.465 e. The van der Waals surface area contributed by atoms with E-state index < -0.39 is 0 Å². The molecule has 0 aliphatic carbocycles. The monoisotopic (exact) mass is 291 g/mol. The van der Waals surface area contributed by atoms with E-state index in [0.29, 0.717) is 6.04 Å². The molecule has 0 saturated carbocycles. The summed E-state index contributed by atoms with van der Waals surface area (Å²) in [6.45, 7) is 5.32. The Hall–Kier alpha value is -1.20. The lowest BCUT2D eigenvalue weighted by Gasteiger charge is -2.34. The maximum Gasteiger partial charge on any atom is 0.122 e. The minimum absolute atomic E-state index is 0.435. The fourth-order valence-electron chi connectivity index (χ4n) is 2.68. The molecule has 0 spiro atoms. The first-order valence-corrected chi connectivity index (χ1v) is 8.32. The normalized spacial score (nSPS) is 20.4. The third-order valence-electron chi connectivity index (χ3n) is 3.75. The number of aromatic nitrogens is 2. The maximum atomic E-state index is 5.84. The second-order valence-corrected chi connectivity index (χ2v) is 6.38. The standard InChI is InChI=1S/C15H21N3OS/c1-13-3-4-15(19-13)14-11-20-10-9-18(14)7-2-6-17-8-5-16-12-17/h3-5,8,12,14H,2,6-7,9-11H2,1H3/t14-/m0/s1. The molecule has 0 amide bonds. The number of aryl methyl sites for hydroxylation is 2. The second-order valence-electron chi connectivity index (χ2n) is 5.23. The molecule has 1 saturated heterocycles. The van der Waals surface area contributed by atoms with Gasteiger partial charge in [-0.3, -0.25) is 4.90 Å². The molecule has 3 rings (SSSR count). The fourth-order valence-corrected chi connectivity index (χ4v) is 3.80. The van der Waals surface area contributed by atoms with Crippen molar-refractivity contribution in [2.75, 3.05) is 24.6 Å². The Labute approximate surface area is 124 Å². The Bertz CT molecular complexity index is 523. The summed E-state index contributed by atoms with van der Waals surface area (Å²) < 4.78 is 7.98. The van der Waals surface area contributed by atoms with Gasteiger partial charge >= 0.3 is 0 Å². The highest BCUT2D eigenvalue weighted by Crippen LogP contribution is 2.30. The summed E-state index contributed by atoms with van der Waals surface area (Å²) in [7, 11) is 0. The molecule has 0 aromatic carbocycles.